The number of nitrogens with zero attached hydrogens (tertiary/aromatic N) is 1. The molecular formula is C14H25F3N2O. The SMILES string of the molecule is CC(C)(C)C1CCC(=O)N(CC(CN)C(F)(F)F)CC1. The molecule has 1 rings (SSSR count). The highest BCUT2D eigenvalue weighted by atomic mass is 19.4. The highest BCUT2D eigenvalue weighted by Gasteiger charge is 2.41. The molecule has 0 spiro atoms. The lowest BCUT2D eigenvalue weighted by atomic mass is 9.77. The molecule has 0 radical (unpaired) electrons. The molecule has 20 heavy (non-hydrogen) atoms. The first-order valence-electron chi connectivity index (χ1n) is 7.10. The van der Waals surface area contributed by atoms with Crippen molar-refractivity contribution >= 4 is 5.91 Å². The molecule has 1 amide bonds. The van der Waals surface area contributed by atoms with E-state index >= 15 is 0 Å². The van der Waals surface area contributed by atoms with Crippen molar-refractivity contribution in [2.24, 2.45) is 23.0 Å². The molecule has 1 heterocycles. The first-order valence-corrected chi connectivity index (χ1v) is 7.10. The van der Waals surface area contributed by atoms with Gasteiger partial charge in [-0.3, -0.25) is 4.79 Å². The Balaban J connectivity index is 2.70. The van der Waals surface area contributed by atoms with Crippen LogP contribution in [-0.4, -0.2) is 36.6 Å². The maximum atomic E-state index is 12.8. The molecule has 118 valence electrons. The number of likely N-dealkylation sites (tertiary alicyclic amines) is 1. The molecule has 3 nitrogen and oxygen atoms in total. The van der Waals surface area contributed by atoms with Gasteiger partial charge in [-0.1, -0.05) is 20.8 Å². The van der Waals surface area contributed by atoms with E-state index in [-0.39, 0.29) is 17.9 Å². The van der Waals surface area contributed by atoms with Gasteiger partial charge in [0.15, 0.2) is 0 Å². The Kier molecular flexibility index (Phi) is 5.46. The lowest BCUT2D eigenvalue weighted by Crippen LogP contribution is -2.43. The van der Waals surface area contributed by atoms with Crippen LogP contribution >= 0.6 is 0 Å². The zero-order valence-corrected chi connectivity index (χ0v) is 12.5. The third-order valence-corrected chi connectivity index (χ3v) is 4.22. The van der Waals surface area contributed by atoms with E-state index in [9.17, 15) is 18.0 Å². The van der Waals surface area contributed by atoms with Crippen LogP contribution in [0.15, 0.2) is 0 Å². The van der Waals surface area contributed by atoms with Crippen molar-refractivity contribution in [1.29, 1.82) is 0 Å². The van der Waals surface area contributed by atoms with Gasteiger partial charge in [0.05, 0.1) is 5.92 Å². The predicted molar refractivity (Wildman–Crippen MR) is 72.0 cm³/mol. The summed E-state index contributed by atoms with van der Waals surface area (Å²) in [4.78, 5) is 13.3. The fourth-order valence-corrected chi connectivity index (χ4v) is 2.67. The van der Waals surface area contributed by atoms with Crippen molar-refractivity contribution in [3.8, 4) is 0 Å². The molecule has 0 aromatic heterocycles. The van der Waals surface area contributed by atoms with E-state index < -0.39 is 18.6 Å². The van der Waals surface area contributed by atoms with E-state index in [2.05, 4.69) is 20.8 Å². The molecule has 1 saturated heterocycles. The minimum Gasteiger partial charge on any atom is -0.342 e. The molecule has 2 atom stereocenters. The first kappa shape index (κ1) is 17.3. The summed E-state index contributed by atoms with van der Waals surface area (Å²) in [6, 6.07) is 0. The van der Waals surface area contributed by atoms with Crippen molar-refractivity contribution in [3.63, 3.8) is 0 Å². The van der Waals surface area contributed by atoms with Crippen LogP contribution in [0.5, 0.6) is 0 Å². The second-order valence-electron chi connectivity index (χ2n) is 6.70. The van der Waals surface area contributed by atoms with Crippen molar-refractivity contribution in [1.82, 2.24) is 4.90 Å². The van der Waals surface area contributed by atoms with Crippen LogP contribution in [0.1, 0.15) is 40.0 Å². The van der Waals surface area contributed by atoms with Crippen LogP contribution < -0.4 is 5.73 Å². The van der Waals surface area contributed by atoms with Gasteiger partial charge < -0.3 is 10.6 Å². The number of amides is 1. The summed E-state index contributed by atoms with van der Waals surface area (Å²) < 4.78 is 38.3. The average Bonchev–Trinajstić information content (AvgIpc) is 2.46. The van der Waals surface area contributed by atoms with E-state index in [0.717, 1.165) is 12.8 Å². The number of halogens is 3. The molecule has 0 aromatic rings. The maximum Gasteiger partial charge on any atom is 0.394 e. The first-order chi connectivity index (χ1) is 9.05. The van der Waals surface area contributed by atoms with Crippen molar-refractivity contribution in [2.45, 2.75) is 46.2 Å². The summed E-state index contributed by atoms with van der Waals surface area (Å²) in [6.07, 6.45) is -2.51. The summed E-state index contributed by atoms with van der Waals surface area (Å²) in [5, 5.41) is 0. The largest absolute Gasteiger partial charge is 0.394 e. The van der Waals surface area contributed by atoms with Gasteiger partial charge in [-0.15, -0.1) is 0 Å². The van der Waals surface area contributed by atoms with Gasteiger partial charge in [-0.2, -0.15) is 13.2 Å². The Morgan fingerprint density at radius 1 is 1.30 bits per heavy atom. The van der Waals surface area contributed by atoms with Crippen molar-refractivity contribution < 1.29 is 18.0 Å². The Morgan fingerprint density at radius 3 is 2.35 bits per heavy atom. The minimum atomic E-state index is -4.34. The monoisotopic (exact) mass is 294 g/mol. The zero-order valence-electron chi connectivity index (χ0n) is 12.5. The van der Waals surface area contributed by atoms with Gasteiger partial charge in [0.1, 0.15) is 0 Å². The normalized spacial score (nSPS) is 23.6. The Labute approximate surface area is 118 Å². The molecule has 1 fully saturated rings. The summed E-state index contributed by atoms with van der Waals surface area (Å²) in [5.74, 6) is -1.45. The van der Waals surface area contributed by atoms with E-state index in [0.29, 0.717) is 18.9 Å². The van der Waals surface area contributed by atoms with Crippen LogP contribution in [0.4, 0.5) is 13.2 Å². The van der Waals surface area contributed by atoms with Gasteiger partial charge in [0.2, 0.25) is 5.91 Å². The zero-order chi connectivity index (χ0) is 15.6. The van der Waals surface area contributed by atoms with Gasteiger partial charge in [0.25, 0.3) is 0 Å². The second-order valence-corrected chi connectivity index (χ2v) is 6.70. The van der Waals surface area contributed by atoms with Crippen LogP contribution in [0.2, 0.25) is 0 Å². The second kappa shape index (κ2) is 6.33. The fourth-order valence-electron chi connectivity index (χ4n) is 2.67. The summed E-state index contributed by atoms with van der Waals surface area (Å²) in [5.41, 5.74) is 5.28. The van der Waals surface area contributed by atoms with E-state index in [1.165, 1.54) is 4.90 Å². The topological polar surface area (TPSA) is 46.3 Å². The highest BCUT2D eigenvalue weighted by Crippen LogP contribution is 2.35. The molecule has 2 unspecified atom stereocenters. The summed E-state index contributed by atoms with van der Waals surface area (Å²) >= 11 is 0. The van der Waals surface area contributed by atoms with Gasteiger partial charge in [-0.25, -0.2) is 0 Å². The minimum absolute atomic E-state index is 0.0770. The molecule has 0 aromatic carbocycles. The Morgan fingerprint density at radius 2 is 1.90 bits per heavy atom. The summed E-state index contributed by atoms with van der Waals surface area (Å²) in [6.45, 7) is 5.93. The Hall–Kier alpha value is -0.780. The quantitative estimate of drug-likeness (QED) is 0.870. The molecule has 2 N–H and O–H groups in total. The van der Waals surface area contributed by atoms with Gasteiger partial charge >= 0.3 is 6.18 Å². The van der Waals surface area contributed by atoms with E-state index in [4.69, 9.17) is 5.73 Å². The lowest BCUT2D eigenvalue weighted by Gasteiger charge is -2.30. The highest BCUT2D eigenvalue weighted by molar-refractivity contribution is 5.76. The Bertz CT molecular complexity index is 336. The van der Waals surface area contributed by atoms with Crippen LogP contribution in [-0.2, 0) is 4.79 Å². The van der Waals surface area contributed by atoms with Crippen LogP contribution in [0, 0.1) is 17.3 Å². The lowest BCUT2D eigenvalue weighted by molar-refractivity contribution is -0.177. The molecule has 1 aliphatic rings. The van der Waals surface area contributed by atoms with Crippen LogP contribution in [0.25, 0.3) is 0 Å². The third kappa shape index (κ3) is 4.65. The van der Waals surface area contributed by atoms with E-state index in [1.807, 2.05) is 0 Å². The number of hydrogen-bond donors (Lipinski definition) is 1. The number of nitrogens with two attached hydrogens (primary N) is 1. The summed E-state index contributed by atoms with van der Waals surface area (Å²) in [7, 11) is 0. The average molecular weight is 294 g/mol. The molecule has 0 bridgehead atoms. The number of alkyl halides is 3. The molecule has 6 heteroatoms. The van der Waals surface area contributed by atoms with E-state index in [1.54, 1.807) is 0 Å². The number of carbonyl (C=O) groups excluding carboxylic acids is 1. The number of hydrogen-bond acceptors (Lipinski definition) is 2. The van der Waals surface area contributed by atoms with Crippen molar-refractivity contribution in [2.75, 3.05) is 19.6 Å². The molecule has 0 saturated carbocycles. The van der Waals surface area contributed by atoms with Crippen LogP contribution in [0.3, 0.4) is 0 Å². The smallest absolute Gasteiger partial charge is 0.342 e. The number of carbonyl (C=O) groups is 1. The third-order valence-electron chi connectivity index (χ3n) is 4.22. The van der Waals surface area contributed by atoms with Gasteiger partial charge in [0, 0.05) is 26.1 Å². The molecule has 1 aliphatic heterocycles. The molecular weight excluding hydrogens is 269 g/mol. The number of rotatable bonds is 3. The maximum absolute atomic E-state index is 12.8. The predicted octanol–water partition coefficient (Wildman–Crippen LogP) is 2.80. The van der Waals surface area contributed by atoms with Crippen molar-refractivity contribution in [3.05, 3.63) is 0 Å². The van der Waals surface area contributed by atoms with Gasteiger partial charge in [-0.05, 0) is 24.2 Å². The fraction of sp³-hybridized carbons (Fsp3) is 0.929. The molecule has 0 aliphatic carbocycles. The standard InChI is InChI=1S/C14H25F3N2O/c1-13(2,3)10-4-5-12(20)19(7-6-10)9-11(8-18)14(15,16)17/h10-11H,4-9,18H2,1-3H3.